The fourth-order valence-corrected chi connectivity index (χ4v) is 4.05. The Morgan fingerprint density at radius 2 is 0.947 bits per heavy atom. The van der Waals surface area contributed by atoms with Gasteiger partial charge in [0.05, 0.1) is 0 Å². The molecule has 0 saturated carbocycles. The SMILES string of the molecule is CCCCCCCCP(=O)(O)CCCCCCCC. The van der Waals surface area contributed by atoms with Gasteiger partial charge in [0.15, 0.2) is 0 Å². The average molecular weight is 290 g/mol. The maximum atomic E-state index is 11.9. The van der Waals surface area contributed by atoms with Crippen LogP contribution < -0.4 is 0 Å². The van der Waals surface area contributed by atoms with Crippen molar-refractivity contribution >= 4 is 7.37 Å². The molecule has 19 heavy (non-hydrogen) atoms. The summed E-state index contributed by atoms with van der Waals surface area (Å²) in [5.74, 6) is 0. The van der Waals surface area contributed by atoms with Gasteiger partial charge in [-0.05, 0) is 12.8 Å². The van der Waals surface area contributed by atoms with Crippen molar-refractivity contribution in [1.82, 2.24) is 0 Å². The van der Waals surface area contributed by atoms with Crippen LogP contribution in [0, 0.1) is 0 Å². The molecular weight excluding hydrogens is 255 g/mol. The molecule has 0 aliphatic heterocycles. The van der Waals surface area contributed by atoms with E-state index in [-0.39, 0.29) is 0 Å². The van der Waals surface area contributed by atoms with E-state index in [1.54, 1.807) is 0 Å². The summed E-state index contributed by atoms with van der Waals surface area (Å²) in [6.45, 7) is 4.42. The van der Waals surface area contributed by atoms with Crippen molar-refractivity contribution < 1.29 is 9.46 Å². The molecule has 0 radical (unpaired) electrons. The predicted octanol–water partition coefficient (Wildman–Crippen LogP) is 5.98. The fourth-order valence-electron chi connectivity index (χ4n) is 2.39. The molecule has 0 heterocycles. The molecule has 0 aliphatic rings. The molecule has 2 nitrogen and oxygen atoms in total. The van der Waals surface area contributed by atoms with Gasteiger partial charge in [-0.3, -0.25) is 4.57 Å². The molecule has 0 aromatic rings. The zero-order valence-corrected chi connectivity index (χ0v) is 14.1. The summed E-state index contributed by atoms with van der Waals surface area (Å²) < 4.78 is 11.9. The first kappa shape index (κ1) is 19.2. The standard InChI is InChI=1S/C16H35O2P/c1-3-5-7-9-11-13-15-19(17,18)16-14-12-10-8-6-4-2/h3-16H2,1-2H3,(H,17,18). The average Bonchev–Trinajstić information content (AvgIpc) is 2.38. The molecule has 0 bridgehead atoms. The van der Waals surface area contributed by atoms with E-state index in [4.69, 9.17) is 0 Å². The lowest BCUT2D eigenvalue weighted by Gasteiger charge is -2.11. The lowest BCUT2D eigenvalue weighted by atomic mass is 10.1. The van der Waals surface area contributed by atoms with Gasteiger partial charge in [-0.25, -0.2) is 0 Å². The van der Waals surface area contributed by atoms with Crippen LogP contribution in [0.2, 0.25) is 0 Å². The predicted molar refractivity (Wildman–Crippen MR) is 86.3 cm³/mol. The van der Waals surface area contributed by atoms with E-state index in [2.05, 4.69) is 13.8 Å². The molecule has 0 atom stereocenters. The van der Waals surface area contributed by atoms with Crippen molar-refractivity contribution in [3.63, 3.8) is 0 Å². The van der Waals surface area contributed by atoms with Crippen molar-refractivity contribution in [3.8, 4) is 0 Å². The Labute approximate surface area is 120 Å². The van der Waals surface area contributed by atoms with Gasteiger partial charge in [0.25, 0.3) is 0 Å². The van der Waals surface area contributed by atoms with Crippen LogP contribution >= 0.6 is 7.37 Å². The second kappa shape index (κ2) is 13.2. The van der Waals surface area contributed by atoms with Gasteiger partial charge in [0.2, 0.25) is 7.37 Å². The van der Waals surface area contributed by atoms with Crippen molar-refractivity contribution in [1.29, 1.82) is 0 Å². The third kappa shape index (κ3) is 14.4. The Bertz CT molecular complexity index is 209. The van der Waals surface area contributed by atoms with Gasteiger partial charge in [-0.2, -0.15) is 0 Å². The van der Waals surface area contributed by atoms with E-state index in [0.29, 0.717) is 12.3 Å². The molecule has 0 unspecified atom stereocenters. The quantitative estimate of drug-likeness (QED) is 0.316. The van der Waals surface area contributed by atoms with Crippen LogP contribution in [0.5, 0.6) is 0 Å². The first-order chi connectivity index (χ1) is 9.12. The lowest BCUT2D eigenvalue weighted by Crippen LogP contribution is -1.96. The Morgan fingerprint density at radius 1 is 0.632 bits per heavy atom. The number of hydrogen-bond acceptors (Lipinski definition) is 1. The number of rotatable bonds is 14. The Hall–Kier alpha value is 0.190. The third-order valence-corrected chi connectivity index (χ3v) is 5.75. The van der Waals surface area contributed by atoms with Crippen LogP contribution in [0.15, 0.2) is 0 Å². The molecule has 0 aliphatic carbocycles. The van der Waals surface area contributed by atoms with Gasteiger partial charge in [-0.15, -0.1) is 0 Å². The van der Waals surface area contributed by atoms with Gasteiger partial charge in [-0.1, -0.05) is 78.1 Å². The molecule has 116 valence electrons. The summed E-state index contributed by atoms with van der Waals surface area (Å²) in [5, 5.41) is 0. The monoisotopic (exact) mass is 290 g/mol. The molecule has 0 fully saturated rings. The topological polar surface area (TPSA) is 37.3 Å². The van der Waals surface area contributed by atoms with Gasteiger partial charge >= 0.3 is 0 Å². The van der Waals surface area contributed by atoms with Crippen molar-refractivity contribution in [2.75, 3.05) is 12.3 Å². The van der Waals surface area contributed by atoms with Crippen LogP contribution in [0.25, 0.3) is 0 Å². The third-order valence-electron chi connectivity index (χ3n) is 3.72. The molecule has 0 rings (SSSR count). The van der Waals surface area contributed by atoms with Gasteiger partial charge < -0.3 is 4.89 Å². The first-order valence-electron chi connectivity index (χ1n) is 8.43. The van der Waals surface area contributed by atoms with Crippen LogP contribution in [0.1, 0.15) is 90.9 Å². The van der Waals surface area contributed by atoms with Crippen LogP contribution in [0.3, 0.4) is 0 Å². The smallest absolute Gasteiger partial charge is 0.200 e. The van der Waals surface area contributed by atoms with Crippen LogP contribution in [-0.4, -0.2) is 17.2 Å². The van der Waals surface area contributed by atoms with Gasteiger partial charge in [0, 0.05) is 12.3 Å². The highest BCUT2D eigenvalue weighted by Crippen LogP contribution is 2.42. The molecule has 0 amide bonds. The minimum Gasteiger partial charge on any atom is -0.344 e. The van der Waals surface area contributed by atoms with Crippen molar-refractivity contribution in [2.45, 2.75) is 90.9 Å². The summed E-state index contributed by atoms with van der Waals surface area (Å²) in [7, 11) is -2.80. The maximum absolute atomic E-state index is 11.9. The van der Waals surface area contributed by atoms with E-state index < -0.39 is 7.37 Å². The van der Waals surface area contributed by atoms with E-state index in [1.165, 1.54) is 51.4 Å². The van der Waals surface area contributed by atoms with Crippen molar-refractivity contribution in [2.24, 2.45) is 0 Å². The first-order valence-corrected chi connectivity index (χ1v) is 10.5. The molecule has 3 heteroatoms. The van der Waals surface area contributed by atoms with Crippen molar-refractivity contribution in [3.05, 3.63) is 0 Å². The second-order valence-corrected chi connectivity index (χ2v) is 8.42. The van der Waals surface area contributed by atoms with E-state index in [9.17, 15) is 9.46 Å². The highest BCUT2D eigenvalue weighted by Gasteiger charge is 2.16. The van der Waals surface area contributed by atoms with E-state index in [0.717, 1.165) is 25.7 Å². The minimum absolute atomic E-state index is 0.550. The highest BCUT2D eigenvalue weighted by atomic mass is 31.2. The van der Waals surface area contributed by atoms with Crippen LogP contribution in [-0.2, 0) is 4.57 Å². The van der Waals surface area contributed by atoms with Crippen LogP contribution in [0.4, 0.5) is 0 Å². The Morgan fingerprint density at radius 3 is 1.32 bits per heavy atom. The fraction of sp³-hybridized carbons (Fsp3) is 1.00. The Kier molecular flexibility index (Phi) is 13.3. The molecule has 1 N–H and O–H groups in total. The van der Waals surface area contributed by atoms with E-state index >= 15 is 0 Å². The van der Waals surface area contributed by atoms with E-state index in [1.807, 2.05) is 0 Å². The molecule has 0 saturated heterocycles. The minimum atomic E-state index is -2.80. The zero-order valence-electron chi connectivity index (χ0n) is 13.2. The lowest BCUT2D eigenvalue weighted by molar-refractivity contribution is 0.469. The summed E-state index contributed by atoms with van der Waals surface area (Å²) in [5.41, 5.74) is 0. The molecule has 0 spiro atoms. The summed E-state index contributed by atoms with van der Waals surface area (Å²) in [4.78, 5) is 9.88. The Balaban J connectivity index is 3.39. The zero-order chi connectivity index (χ0) is 14.4. The molecule has 0 aromatic carbocycles. The maximum Gasteiger partial charge on any atom is 0.200 e. The highest BCUT2D eigenvalue weighted by molar-refractivity contribution is 7.57. The largest absolute Gasteiger partial charge is 0.344 e. The molecular formula is C16H35O2P. The van der Waals surface area contributed by atoms with Gasteiger partial charge in [0.1, 0.15) is 0 Å². The normalized spacial score (nSPS) is 11.9. The number of hydrogen-bond donors (Lipinski definition) is 1. The number of unbranched alkanes of at least 4 members (excludes halogenated alkanes) is 10. The molecule has 0 aromatic heterocycles. The summed E-state index contributed by atoms with van der Waals surface area (Å²) in [6.07, 6.45) is 15.4. The second-order valence-electron chi connectivity index (χ2n) is 5.83. The summed E-state index contributed by atoms with van der Waals surface area (Å²) >= 11 is 0. The summed E-state index contributed by atoms with van der Waals surface area (Å²) in [6, 6.07) is 0.